The molecule has 0 bridgehead atoms. The molecular weight excluding hydrogens is 247 g/mol. The summed E-state index contributed by atoms with van der Waals surface area (Å²) in [4.78, 5) is 12.0. The van der Waals surface area contributed by atoms with E-state index < -0.39 is 0 Å². The number of amides is 1. The SMILES string of the molecule is CC(C)C(NC(=O)c1cn[nH]n1)c1ccc(F)cc1. The van der Waals surface area contributed by atoms with Crippen LogP contribution in [0.4, 0.5) is 4.39 Å². The van der Waals surface area contributed by atoms with Gasteiger partial charge in [0, 0.05) is 0 Å². The Hall–Kier alpha value is -2.24. The van der Waals surface area contributed by atoms with Gasteiger partial charge in [-0.1, -0.05) is 26.0 Å². The molecule has 0 saturated heterocycles. The van der Waals surface area contributed by atoms with E-state index in [4.69, 9.17) is 0 Å². The molecule has 0 aliphatic heterocycles. The Morgan fingerprint density at radius 2 is 2.00 bits per heavy atom. The summed E-state index contributed by atoms with van der Waals surface area (Å²) in [6.07, 6.45) is 1.36. The van der Waals surface area contributed by atoms with Gasteiger partial charge in [0.15, 0.2) is 5.69 Å². The number of rotatable bonds is 4. The molecule has 1 aromatic carbocycles. The molecule has 1 amide bonds. The second kappa shape index (κ2) is 5.60. The summed E-state index contributed by atoms with van der Waals surface area (Å²) in [5.74, 6) is -0.438. The molecule has 2 N–H and O–H groups in total. The minimum Gasteiger partial charge on any atom is -0.344 e. The first-order valence-electron chi connectivity index (χ1n) is 6.00. The summed E-state index contributed by atoms with van der Waals surface area (Å²) in [6.45, 7) is 3.97. The number of aromatic amines is 1. The third-order valence-electron chi connectivity index (χ3n) is 2.83. The molecule has 19 heavy (non-hydrogen) atoms. The van der Waals surface area contributed by atoms with Gasteiger partial charge in [0.25, 0.3) is 5.91 Å². The molecular formula is C13H15FN4O. The Labute approximate surface area is 110 Å². The maximum absolute atomic E-state index is 12.9. The van der Waals surface area contributed by atoms with Crippen LogP contribution in [0.3, 0.4) is 0 Å². The van der Waals surface area contributed by atoms with Crippen LogP contribution in [0.25, 0.3) is 0 Å². The first kappa shape index (κ1) is 13.2. The van der Waals surface area contributed by atoms with Crippen molar-refractivity contribution < 1.29 is 9.18 Å². The average Bonchev–Trinajstić information content (AvgIpc) is 2.90. The van der Waals surface area contributed by atoms with Crippen molar-refractivity contribution in [2.75, 3.05) is 0 Å². The molecule has 5 nitrogen and oxygen atoms in total. The predicted molar refractivity (Wildman–Crippen MR) is 67.8 cm³/mol. The summed E-state index contributed by atoms with van der Waals surface area (Å²) in [5.41, 5.74) is 1.08. The van der Waals surface area contributed by atoms with Gasteiger partial charge in [0.1, 0.15) is 5.82 Å². The normalized spacial score (nSPS) is 12.4. The molecule has 0 fully saturated rings. The number of halogens is 1. The van der Waals surface area contributed by atoms with E-state index in [-0.39, 0.29) is 29.4 Å². The number of benzene rings is 1. The molecule has 0 aliphatic carbocycles. The quantitative estimate of drug-likeness (QED) is 0.886. The molecule has 2 aromatic rings. The van der Waals surface area contributed by atoms with E-state index in [0.717, 1.165) is 5.56 Å². The van der Waals surface area contributed by atoms with Gasteiger partial charge in [-0.15, -0.1) is 0 Å². The lowest BCUT2D eigenvalue weighted by atomic mass is 9.96. The Morgan fingerprint density at radius 3 is 2.53 bits per heavy atom. The van der Waals surface area contributed by atoms with Gasteiger partial charge in [-0.25, -0.2) is 4.39 Å². The van der Waals surface area contributed by atoms with Crippen molar-refractivity contribution in [3.8, 4) is 0 Å². The number of nitrogens with one attached hydrogen (secondary N) is 2. The zero-order valence-electron chi connectivity index (χ0n) is 10.7. The minimum atomic E-state index is -0.309. The van der Waals surface area contributed by atoms with Crippen molar-refractivity contribution in [3.63, 3.8) is 0 Å². The van der Waals surface area contributed by atoms with Crippen molar-refractivity contribution in [2.24, 2.45) is 5.92 Å². The summed E-state index contributed by atoms with van der Waals surface area (Å²) in [6, 6.07) is 5.90. The largest absolute Gasteiger partial charge is 0.344 e. The van der Waals surface area contributed by atoms with Crippen LogP contribution < -0.4 is 5.32 Å². The topological polar surface area (TPSA) is 70.7 Å². The monoisotopic (exact) mass is 262 g/mol. The number of carbonyl (C=O) groups is 1. The van der Waals surface area contributed by atoms with Crippen LogP contribution in [0, 0.1) is 11.7 Å². The summed E-state index contributed by atoms with van der Waals surface area (Å²) >= 11 is 0. The average molecular weight is 262 g/mol. The van der Waals surface area contributed by atoms with Crippen LogP contribution >= 0.6 is 0 Å². The van der Waals surface area contributed by atoms with Crippen molar-refractivity contribution in [1.29, 1.82) is 0 Å². The zero-order valence-corrected chi connectivity index (χ0v) is 10.7. The standard InChI is InChI=1S/C13H15FN4O/c1-8(2)12(9-3-5-10(14)6-4-9)16-13(19)11-7-15-18-17-11/h3-8,12H,1-2H3,(H,16,19)(H,15,17,18). The molecule has 0 radical (unpaired) electrons. The number of carbonyl (C=O) groups excluding carboxylic acids is 1. The molecule has 100 valence electrons. The van der Waals surface area contributed by atoms with E-state index in [1.807, 2.05) is 13.8 Å². The fourth-order valence-electron chi connectivity index (χ4n) is 1.83. The number of hydrogen-bond acceptors (Lipinski definition) is 3. The molecule has 2 rings (SSSR count). The minimum absolute atomic E-state index is 0.168. The third-order valence-corrected chi connectivity index (χ3v) is 2.83. The highest BCUT2D eigenvalue weighted by Gasteiger charge is 2.20. The second-order valence-electron chi connectivity index (χ2n) is 4.60. The molecule has 1 unspecified atom stereocenters. The van der Waals surface area contributed by atoms with Gasteiger partial charge in [0.05, 0.1) is 12.2 Å². The highest BCUT2D eigenvalue weighted by atomic mass is 19.1. The zero-order chi connectivity index (χ0) is 13.8. The molecule has 6 heteroatoms. The number of nitrogens with zero attached hydrogens (tertiary/aromatic N) is 2. The Kier molecular flexibility index (Phi) is 3.89. The molecule has 1 heterocycles. The van der Waals surface area contributed by atoms with Crippen LogP contribution in [0.15, 0.2) is 30.5 Å². The Balaban J connectivity index is 2.17. The Bertz CT molecular complexity index is 536. The maximum atomic E-state index is 12.9. The first-order chi connectivity index (χ1) is 9.08. The number of aromatic nitrogens is 3. The lowest BCUT2D eigenvalue weighted by Gasteiger charge is -2.22. The van der Waals surface area contributed by atoms with Gasteiger partial charge < -0.3 is 5.32 Å². The summed E-state index contributed by atoms with van der Waals surface area (Å²) in [7, 11) is 0. The van der Waals surface area contributed by atoms with Gasteiger partial charge in [-0.05, 0) is 23.6 Å². The molecule has 0 saturated carbocycles. The van der Waals surface area contributed by atoms with Gasteiger partial charge in [0.2, 0.25) is 0 Å². The maximum Gasteiger partial charge on any atom is 0.273 e. The molecule has 1 atom stereocenters. The van der Waals surface area contributed by atoms with Crippen molar-refractivity contribution in [1.82, 2.24) is 20.7 Å². The second-order valence-corrected chi connectivity index (χ2v) is 4.60. The van der Waals surface area contributed by atoms with E-state index in [1.54, 1.807) is 12.1 Å². The molecule has 0 spiro atoms. The van der Waals surface area contributed by atoms with Gasteiger partial charge >= 0.3 is 0 Å². The van der Waals surface area contributed by atoms with Crippen molar-refractivity contribution >= 4 is 5.91 Å². The van der Waals surface area contributed by atoms with E-state index in [1.165, 1.54) is 18.3 Å². The third kappa shape index (κ3) is 3.15. The van der Waals surface area contributed by atoms with E-state index in [2.05, 4.69) is 20.7 Å². The molecule has 0 aliphatic rings. The highest BCUT2D eigenvalue weighted by molar-refractivity contribution is 5.92. The summed E-state index contributed by atoms with van der Waals surface area (Å²) < 4.78 is 12.9. The van der Waals surface area contributed by atoms with Crippen LogP contribution in [-0.4, -0.2) is 21.3 Å². The van der Waals surface area contributed by atoms with E-state index in [0.29, 0.717) is 0 Å². The van der Waals surface area contributed by atoms with Gasteiger partial charge in [-0.3, -0.25) is 4.79 Å². The molecule has 1 aromatic heterocycles. The first-order valence-corrected chi connectivity index (χ1v) is 6.00. The smallest absolute Gasteiger partial charge is 0.273 e. The summed E-state index contributed by atoms with van der Waals surface area (Å²) in [5, 5.41) is 12.6. The fourth-order valence-corrected chi connectivity index (χ4v) is 1.83. The van der Waals surface area contributed by atoms with Crippen LogP contribution in [0.2, 0.25) is 0 Å². The number of hydrogen-bond donors (Lipinski definition) is 2. The highest BCUT2D eigenvalue weighted by Crippen LogP contribution is 2.22. The predicted octanol–water partition coefficient (Wildman–Crippen LogP) is 2.07. The van der Waals surface area contributed by atoms with E-state index >= 15 is 0 Å². The Morgan fingerprint density at radius 1 is 1.32 bits per heavy atom. The lowest BCUT2D eigenvalue weighted by molar-refractivity contribution is 0.0920. The van der Waals surface area contributed by atoms with E-state index in [9.17, 15) is 9.18 Å². The lowest BCUT2D eigenvalue weighted by Crippen LogP contribution is -2.32. The van der Waals surface area contributed by atoms with Crippen LogP contribution in [-0.2, 0) is 0 Å². The van der Waals surface area contributed by atoms with Crippen LogP contribution in [0.5, 0.6) is 0 Å². The fraction of sp³-hybridized carbons (Fsp3) is 0.308. The van der Waals surface area contributed by atoms with Crippen LogP contribution in [0.1, 0.15) is 35.9 Å². The van der Waals surface area contributed by atoms with Gasteiger partial charge in [-0.2, -0.15) is 15.4 Å². The number of H-pyrrole nitrogens is 1. The van der Waals surface area contributed by atoms with Crippen molar-refractivity contribution in [3.05, 3.63) is 47.5 Å². The van der Waals surface area contributed by atoms with Crippen molar-refractivity contribution in [2.45, 2.75) is 19.9 Å².